The van der Waals surface area contributed by atoms with Crippen LogP contribution in [0.15, 0.2) is 34.4 Å². The number of carbonyl (C=O) groups is 2. The summed E-state index contributed by atoms with van der Waals surface area (Å²) in [6.07, 6.45) is 0.262. The number of nitrogens with zero attached hydrogens (tertiary/aromatic N) is 2. The Morgan fingerprint density at radius 3 is 2.78 bits per heavy atom. The van der Waals surface area contributed by atoms with Gasteiger partial charge in [-0.1, -0.05) is 24.6 Å². The molecule has 0 aliphatic carbocycles. The van der Waals surface area contributed by atoms with Crippen molar-refractivity contribution in [3.63, 3.8) is 0 Å². The van der Waals surface area contributed by atoms with Crippen molar-refractivity contribution in [3.8, 4) is 5.69 Å². The van der Waals surface area contributed by atoms with E-state index in [2.05, 4.69) is 10.4 Å². The molecule has 0 fully saturated rings. The van der Waals surface area contributed by atoms with Crippen molar-refractivity contribution < 1.29 is 14.3 Å². The summed E-state index contributed by atoms with van der Waals surface area (Å²) < 4.78 is 6.17. The summed E-state index contributed by atoms with van der Waals surface area (Å²) in [6.45, 7) is 3.56. The number of rotatable bonds is 5. The Hall–Kier alpha value is -2.71. The zero-order valence-electron chi connectivity index (χ0n) is 14.6. The van der Waals surface area contributed by atoms with Gasteiger partial charge in [-0.3, -0.25) is 9.59 Å². The number of anilines is 1. The number of ether oxygens (including phenoxy) is 1. The minimum atomic E-state index is -0.649. The topological polar surface area (TPSA) is 90.3 Å². The lowest BCUT2D eigenvalue weighted by Gasteiger charge is -2.10. The molecule has 27 heavy (non-hydrogen) atoms. The number of benzene rings is 1. The van der Waals surface area contributed by atoms with Crippen LogP contribution in [0.3, 0.4) is 0 Å². The number of hydrogen-bond acceptors (Lipinski definition) is 6. The highest BCUT2D eigenvalue weighted by Gasteiger charge is 2.23. The molecule has 0 aliphatic rings. The maximum Gasteiger partial charge on any atom is 0.359 e. The van der Waals surface area contributed by atoms with E-state index >= 15 is 0 Å². The highest BCUT2D eigenvalue weighted by molar-refractivity contribution is 7.16. The fourth-order valence-corrected chi connectivity index (χ4v) is 3.63. The molecule has 0 saturated heterocycles. The molecular formula is C18H16ClN3O4S. The van der Waals surface area contributed by atoms with Crippen molar-refractivity contribution in [1.29, 1.82) is 0 Å². The van der Waals surface area contributed by atoms with Crippen molar-refractivity contribution in [2.75, 3.05) is 11.9 Å². The molecule has 140 valence electrons. The van der Waals surface area contributed by atoms with E-state index < -0.39 is 11.5 Å². The molecule has 3 aromatic rings. The van der Waals surface area contributed by atoms with Crippen LogP contribution < -0.4 is 10.9 Å². The van der Waals surface area contributed by atoms with Gasteiger partial charge in [0.25, 0.3) is 5.56 Å². The van der Waals surface area contributed by atoms with E-state index in [0.717, 1.165) is 16.0 Å². The fraction of sp³-hybridized carbons (Fsp3) is 0.222. The van der Waals surface area contributed by atoms with Gasteiger partial charge in [0, 0.05) is 22.2 Å². The molecule has 9 heteroatoms. The predicted octanol–water partition coefficient (Wildman–Crippen LogP) is 3.63. The summed E-state index contributed by atoms with van der Waals surface area (Å²) >= 11 is 7.18. The van der Waals surface area contributed by atoms with Gasteiger partial charge in [0.1, 0.15) is 5.00 Å². The molecule has 0 aliphatic heterocycles. The van der Waals surface area contributed by atoms with Gasteiger partial charge in [0.05, 0.1) is 17.7 Å². The largest absolute Gasteiger partial charge is 0.461 e. The number of hydrogen-bond donors (Lipinski definition) is 1. The van der Waals surface area contributed by atoms with Crippen molar-refractivity contribution in [2.24, 2.45) is 0 Å². The van der Waals surface area contributed by atoms with Crippen LogP contribution in [-0.4, -0.2) is 28.3 Å². The molecule has 2 aromatic heterocycles. The van der Waals surface area contributed by atoms with Crippen molar-refractivity contribution >= 4 is 50.6 Å². The molecule has 0 atom stereocenters. The van der Waals surface area contributed by atoms with E-state index in [1.807, 2.05) is 0 Å². The van der Waals surface area contributed by atoms with Gasteiger partial charge in [0.15, 0.2) is 5.69 Å². The quantitative estimate of drug-likeness (QED) is 0.654. The Labute approximate surface area is 163 Å². The lowest BCUT2D eigenvalue weighted by atomic mass is 10.2. The zero-order chi connectivity index (χ0) is 19.6. The average molecular weight is 406 g/mol. The molecule has 0 bridgehead atoms. The second-order valence-electron chi connectivity index (χ2n) is 5.52. The smallest absolute Gasteiger partial charge is 0.359 e. The summed E-state index contributed by atoms with van der Waals surface area (Å²) in [5.41, 5.74) is -0.0634. The molecule has 3 rings (SSSR count). The van der Waals surface area contributed by atoms with Gasteiger partial charge < -0.3 is 10.1 Å². The van der Waals surface area contributed by atoms with Gasteiger partial charge in [0.2, 0.25) is 5.91 Å². The van der Waals surface area contributed by atoms with E-state index in [-0.39, 0.29) is 30.0 Å². The summed E-state index contributed by atoms with van der Waals surface area (Å²) in [4.78, 5) is 37.3. The summed E-state index contributed by atoms with van der Waals surface area (Å²) in [7, 11) is 0. The number of fused-ring (bicyclic) bond motifs is 1. The van der Waals surface area contributed by atoms with Crippen LogP contribution in [0, 0.1) is 0 Å². The fourth-order valence-electron chi connectivity index (χ4n) is 2.49. The van der Waals surface area contributed by atoms with Crippen LogP contribution in [0.25, 0.3) is 16.5 Å². The summed E-state index contributed by atoms with van der Waals surface area (Å²) in [5, 5.41) is 9.86. The van der Waals surface area contributed by atoms with Crippen LogP contribution in [0.5, 0.6) is 0 Å². The van der Waals surface area contributed by atoms with Crippen molar-refractivity contribution in [3.05, 3.63) is 50.7 Å². The molecule has 0 spiro atoms. The Morgan fingerprint density at radius 2 is 2.11 bits per heavy atom. The summed E-state index contributed by atoms with van der Waals surface area (Å²) in [6, 6.07) is 6.55. The number of thiophene rings is 1. The molecule has 0 unspecified atom stereocenters. The summed E-state index contributed by atoms with van der Waals surface area (Å²) in [5.74, 6) is -0.883. The molecular weight excluding hydrogens is 390 g/mol. The number of esters is 1. The van der Waals surface area contributed by atoms with Crippen molar-refractivity contribution in [2.45, 2.75) is 20.3 Å². The molecule has 7 nitrogen and oxygen atoms in total. The van der Waals surface area contributed by atoms with Crippen LogP contribution in [0.1, 0.15) is 30.8 Å². The van der Waals surface area contributed by atoms with E-state index in [1.165, 1.54) is 0 Å². The lowest BCUT2D eigenvalue weighted by molar-refractivity contribution is -0.115. The van der Waals surface area contributed by atoms with Crippen LogP contribution in [0.2, 0.25) is 5.02 Å². The maximum absolute atomic E-state index is 13.1. The minimum Gasteiger partial charge on any atom is -0.461 e. The Kier molecular flexibility index (Phi) is 5.57. The SMILES string of the molecule is CCOC(=O)c1nn(-c2cccc(Cl)c2)c(=O)c2c(NC(=O)CC)scc12. The Balaban J connectivity index is 2.31. The zero-order valence-corrected chi connectivity index (χ0v) is 16.2. The third kappa shape index (κ3) is 3.72. The third-order valence-corrected chi connectivity index (χ3v) is 4.88. The molecule has 1 aromatic carbocycles. The first-order valence-corrected chi connectivity index (χ1v) is 9.49. The van der Waals surface area contributed by atoms with Crippen LogP contribution >= 0.6 is 22.9 Å². The molecule has 1 N–H and O–H groups in total. The molecule has 0 saturated carbocycles. The molecule has 1 amide bonds. The number of carbonyl (C=O) groups excluding carboxylic acids is 2. The third-order valence-electron chi connectivity index (χ3n) is 3.75. The standard InChI is InChI=1S/C18H16ClN3O4S/c1-3-13(23)20-16-14-12(9-27-16)15(18(25)26-4-2)21-22(17(14)24)11-7-5-6-10(19)8-11/h5-9H,3-4H2,1-2H3,(H,20,23). The Morgan fingerprint density at radius 1 is 1.33 bits per heavy atom. The average Bonchev–Trinajstić information content (AvgIpc) is 3.06. The normalized spacial score (nSPS) is 10.8. The lowest BCUT2D eigenvalue weighted by Crippen LogP contribution is -2.25. The number of halogens is 1. The highest BCUT2D eigenvalue weighted by atomic mass is 35.5. The number of amides is 1. The van der Waals surface area contributed by atoms with E-state index in [1.54, 1.807) is 43.5 Å². The van der Waals surface area contributed by atoms with Gasteiger partial charge in [-0.05, 0) is 25.1 Å². The second-order valence-corrected chi connectivity index (χ2v) is 6.84. The first-order valence-electron chi connectivity index (χ1n) is 8.23. The highest BCUT2D eigenvalue weighted by Crippen LogP contribution is 2.30. The van der Waals surface area contributed by atoms with Crippen LogP contribution in [-0.2, 0) is 9.53 Å². The molecule has 0 radical (unpaired) electrons. The van der Waals surface area contributed by atoms with Crippen molar-refractivity contribution in [1.82, 2.24) is 9.78 Å². The molecule has 2 heterocycles. The monoisotopic (exact) mass is 405 g/mol. The van der Waals surface area contributed by atoms with Gasteiger partial charge >= 0.3 is 5.97 Å². The van der Waals surface area contributed by atoms with Gasteiger partial charge in [-0.15, -0.1) is 11.3 Å². The predicted molar refractivity (Wildman–Crippen MR) is 105 cm³/mol. The number of aromatic nitrogens is 2. The van der Waals surface area contributed by atoms with Gasteiger partial charge in [-0.25, -0.2) is 4.79 Å². The maximum atomic E-state index is 13.1. The van der Waals surface area contributed by atoms with E-state index in [4.69, 9.17) is 16.3 Å². The first-order chi connectivity index (χ1) is 13.0. The van der Waals surface area contributed by atoms with Gasteiger partial charge in [-0.2, -0.15) is 9.78 Å². The first kappa shape index (κ1) is 19.1. The second kappa shape index (κ2) is 7.89. The number of nitrogens with one attached hydrogen (secondary N) is 1. The minimum absolute atomic E-state index is 0.000303. The van der Waals surface area contributed by atoms with E-state index in [9.17, 15) is 14.4 Å². The van der Waals surface area contributed by atoms with Crippen LogP contribution in [0.4, 0.5) is 5.00 Å². The van der Waals surface area contributed by atoms with E-state index in [0.29, 0.717) is 21.1 Å². The Bertz CT molecular complexity index is 1090.